The molecule has 1 unspecified atom stereocenters. The van der Waals surface area contributed by atoms with Gasteiger partial charge in [0.05, 0.1) is 11.0 Å². The van der Waals surface area contributed by atoms with Crippen LogP contribution in [0.3, 0.4) is 0 Å². The van der Waals surface area contributed by atoms with Gasteiger partial charge < -0.3 is 5.73 Å². The maximum atomic E-state index is 13.2. The second-order valence-electron chi connectivity index (χ2n) is 4.51. The summed E-state index contributed by atoms with van der Waals surface area (Å²) in [4.78, 5) is 10.3. The lowest BCUT2D eigenvalue weighted by Gasteiger charge is -2.13. The van der Waals surface area contributed by atoms with Crippen molar-refractivity contribution in [2.45, 2.75) is 13.0 Å². The lowest BCUT2D eigenvalue weighted by atomic mass is 9.97. The summed E-state index contributed by atoms with van der Waals surface area (Å²) in [6.07, 6.45) is 0. The van der Waals surface area contributed by atoms with Crippen LogP contribution in [0.25, 0.3) is 0 Å². The number of nitro groups is 1. The first-order valence-electron chi connectivity index (χ1n) is 5.85. The number of aryl methyl sites for hydroxylation is 1. The van der Waals surface area contributed by atoms with Crippen molar-refractivity contribution < 1.29 is 13.7 Å². The molecule has 0 saturated carbocycles. The highest BCUT2D eigenvalue weighted by Gasteiger charge is 2.16. The van der Waals surface area contributed by atoms with Crippen LogP contribution in [0.5, 0.6) is 0 Å². The number of nitro benzene ring substituents is 1. The van der Waals surface area contributed by atoms with Crippen LogP contribution in [0, 0.1) is 28.7 Å². The van der Waals surface area contributed by atoms with Gasteiger partial charge in [-0.15, -0.1) is 0 Å². The minimum atomic E-state index is -1.000. The van der Waals surface area contributed by atoms with Crippen molar-refractivity contribution in [1.82, 2.24) is 0 Å². The smallest absolute Gasteiger partial charge is 0.270 e. The molecule has 0 aliphatic rings. The second kappa shape index (κ2) is 5.34. The van der Waals surface area contributed by atoms with Crippen molar-refractivity contribution >= 4 is 5.69 Å². The number of halogens is 2. The standard InChI is InChI=1S/C14H12F2N2O2/c1-8-4-10(6-11(5-8)18(19)20)14(17)9-2-3-12(15)13(16)7-9/h2-7,14H,17H2,1H3. The molecule has 0 amide bonds. The third-order valence-corrected chi connectivity index (χ3v) is 2.96. The number of nitrogens with two attached hydrogens (primary N) is 1. The van der Waals surface area contributed by atoms with Gasteiger partial charge in [0.25, 0.3) is 5.69 Å². The normalized spacial score (nSPS) is 12.2. The predicted octanol–water partition coefficient (Wildman–Crippen LogP) is 3.23. The summed E-state index contributed by atoms with van der Waals surface area (Å²) in [6.45, 7) is 1.70. The number of nitrogens with zero attached hydrogens (tertiary/aromatic N) is 1. The summed E-state index contributed by atoms with van der Waals surface area (Å²) in [5.74, 6) is -1.96. The monoisotopic (exact) mass is 278 g/mol. The highest BCUT2D eigenvalue weighted by Crippen LogP contribution is 2.26. The Morgan fingerprint density at radius 3 is 2.40 bits per heavy atom. The van der Waals surface area contributed by atoms with Crippen molar-refractivity contribution in [3.63, 3.8) is 0 Å². The Kier molecular flexibility index (Phi) is 3.76. The zero-order chi connectivity index (χ0) is 14.9. The molecule has 2 rings (SSSR count). The molecule has 0 aliphatic heterocycles. The minimum Gasteiger partial charge on any atom is -0.320 e. The average molecular weight is 278 g/mol. The van der Waals surface area contributed by atoms with Gasteiger partial charge in [0, 0.05) is 12.1 Å². The first kappa shape index (κ1) is 14.1. The zero-order valence-corrected chi connectivity index (χ0v) is 10.6. The Hall–Kier alpha value is -2.34. The van der Waals surface area contributed by atoms with Crippen molar-refractivity contribution in [1.29, 1.82) is 0 Å². The Labute approximate surface area is 114 Å². The van der Waals surface area contributed by atoms with Gasteiger partial charge in [-0.3, -0.25) is 10.1 Å². The fourth-order valence-corrected chi connectivity index (χ4v) is 1.98. The molecule has 2 aromatic carbocycles. The van der Waals surface area contributed by atoms with E-state index in [0.717, 1.165) is 12.1 Å². The fraction of sp³-hybridized carbons (Fsp3) is 0.143. The van der Waals surface area contributed by atoms with Crippen molar-refractivity contribution in [3.05, 3.63) is 74.8 Å². The van der Waals surface area contributed by atoms with E-state index in [1.807, 2.05) is 0 Å². The van der Waals surface area contributed by atoms with Gasteiger partial charge in [0.2, 0.25) is 0 Å². The summed E-state index contributed by atoms with van der Waals surface area (Å²) in [7, 11) is 0. The predicted molar refractivity (Wildman–Crippen MR) is 70.2 cm³/mol. The van der Waals surface area contributed by atoms with Crippen molar-refractivity contribution in [2.75, 3.05) is 0 Å². The lowest BCUT2D eigenvalue weighted by Crippen LogP contribution is -2.13. The van der Waals surface area contributed by atoms with E-state index < -0.39 is 22.6 Å². The molecular weight excluding hydrogens is 266 g/mol. The van der Waals surface area contributed by atoms with E-state index in [1.54, 1.807) is 13.0 Å². The van der Waals surface area contributed by atoms with E-state index in [4.69, 9.17) is 5.73 Å². The Bertz CT molecular complexity index is 674. The van der Waals surface area contributed by atoms with Gasteiger partial charge in [-0.1, -0.05) is 12.1 Å². The maximum Gasteiger partial charge on any atom is 0.270 e. The van der Waals surface area contributed by atoms with Gasteiger partial charge in [-0.05, 0) is 35.7 Å². The van der Waals surface area contributed by atoms with Crippen LogP contribution in [0.1, 0.15) is 22.7 Å². The molecular formula is C14H12F2N2O2. The SMILES string of the molecule is Cc1cc(C(N)c2ccc(F)c(F)c2)cc([N+](=O)[O-])c1. The van der Waals surface area contributed by atoms with Crippen molar-refractivity contribution in [3.8, 4) is 0 Å². The molecule has 0 saturated heterocycles. The van der Waals surface area contributed by atoms with E-state index in [9.17, 15) is 18.9 Å². The number of hydrogen-bond acceptors (Lipinski definition) is 3. The van der Waals surface area contributed by atoms with Gasteiger partial charge in [-0.2, -0.15) is 0 Å². The lowest BCUT2D eigenvalue weighted by molar-refractivity contribution is -0.385. The first-order valence-corrected chi connectivity index (χ1v) is 5.85. The topological polar surface area (TPSA) is 69.2 Å². The highest BCUT2D eigenvalue weighted by molar-refractivity contribution is 5.43. The van der Waals surface area contributed by atoms with E-state index in [-0.39, 0.29) is 5.69 Å². The largest absolute Gasteiger partial charge is 0.320 e. The molecule has 2 aromatic rings. The summed E-state index contributed by atoms with van der Waals surface area (Å²) < 4.78 is 26.1. The molecule has 4 nitrogen and oxygen atoms in total. The zero-order valence-electron chi connectivity index (χ0n) is 10.6. The van der Waals surface area contributed by atoms with Crippen LogP contribution in [0.15, 0.2) is 36.4 Å². The molecule has 0 aromatic heterocycles. The third kappa shape index (κ3) is 2.80. The Morgan fingerprint density at radius 2 is 1.80 bits per heavy atom. The fourth-order valence-electron chi connectivity index (χ4n) is 1.98. The number of benzene rings is 2. The van der Waals surface area contributed by atoms with Gasteiger partial charge in [0.15, 0.2) is 11.6 Å². The first-order chi connectivity index (χ1) is 9.38. The van der Waals surface area contributed by atoms with Crippen LogP contribution in [0.4, 0.5) is 14.5 Å². The molecule has 0 spiro atoms. The molecule has 20 heavy (non-hydrogen) atoms. The van der Waals surface area contributed by atoms with E-state index in [1.165, 1.54) is 18.2 Å². The Balaban J connectivity index is 2.44. The molecule has 0 aliphatic carbocycles. The molecule has 1 atom stereocenters. The number of hydrogen-bond donors (Lipinski definition) is 1. The second-order valence-corrected chi connectivity index (χ2v) is 4.51. The van der Waals surface area contributed by atoms with Crippen LogP contribution in [0.2, 0.25) is 0 Å². The minimum absolute atomic E-state index is 0.0852. The average Bonchev–Trinajstić information content (AvgIpc) is 2.40. The number of rotatable bonds is 3. The van der Waals surface area contributed by atoms with E-state index in [2.05, 4.69) is 0 Å². The van der Waals surface area contributed by atoms with Gasteiger partial charge in [-0.25, -0.2) is 8.78 Å². The molecule has 0 radical (unpaired) electrons. The quantitative estimate of drug-likeness (QED) is 0.692. The molecule has 104 valence electrons. The van der Waals surface area contributed by atoms with E-state index in [0.29, 0.717) is 16.7 Å². The molecule has 6 heteroatoms. The molecule has 0 bridgehead atoms. The summed E-state index contributed by atoms with van der Waals surface area (Å²) in [6, 6.07) is 7.00. The molecule has 0 fully saturated rings. The third-order valence-electron chi connectivity index (χ3n) is 2.96. The van der Waals surface area contributed by atoms with Gasteiger partial charge >= 0.3 is 0 Å². The van der Waals surface area contributed by atoms with Crippen LogP contribution >= 0.6 is 0 Å². The maximum absolute atomic E-state index is 13.2. The summed E-state index contributed by atoms with van der Waals surface area (Å²) >= 11 is 0. The highest BCUT2D eigenvalue weighted by atomic mass is 19.2. The summed E-state index contributed by atoms with van der Waals surface area (Å²) in [5.41, 5.74) is 7.38. The van der Waals surface area contributed by atoms with Crippen LogP contribution in [-0.2, 0) is 0 Å². The number of non-ortho nitro benzene ring substituents is 1. The van der Waals surface area contributed by atoms with Gasteiger partial charge in [0.1, 0.15) is 0 Å². The molecule has 2 N–H and O–H groups in total. The van der Waals surface area contributed by atoms with E-state index >= 15 is 0 Å². The molecule has 0 heterocycles. The van der Waals surface area contributed by atoms with Crippen molar-refractivity contribution in [2.24, 2.45) is 5.73 Å². The van der Waals surface area contributed by atoms with Crippen LogP contribution < -0.4 is 5.73 Å². The summed E-state index contributed by atoms with van der Waals surface area (Å²) in [5, 5.41) is 10.8. The van der Waals surface area contributed by atoms with Crippen LogP contribution in [-0.4, -0.2) is 4.92 Å². The Morgan fingerprint density at radius 1 is 1.10 bits per heavy atom.